The van der Waals surface area contributed by atoms with Gasteiger partial charge in [-0.15, -0.1) is 0 Å². The lowest BCUT2D eigenvalue weighted by molar-refractivity contribution is 0.0868. The molecule has 5 heteroatoms. The topological polar surface area (TPSA) is 60.0 Å². The van der Waals surface area contributed by atoms with Crippen LogP contribution in [0.4, 0.5) is 0 Å². The minimum Gasteiger partial charge on any atom is -0.486 e. The van der Waals surface area contributed by atoms with Crippen molar-refractivity contribution in [2.75, 3.05) is 26.4 Å². The quantitative estimate of drug-likeness (QED) is 0.845. The van der Waals surface area contributed by atoms with Crippen LogP contribution in [-0.2, 0) is 17.8 Å². The molecule has 0 aromatic heterocycles. The molecule has 2 aliphatic rings. The van der Waals surface area contributed by atoms with Crippen molar-refractivity contribution in [3.63, 3.8) is 0 Å². The smallest absolute Gasteiger partial charge is 0.161 e. The molecule has 2 aromatic rings. The largest absolute Gasteiger partial charge is 0.486 e. The van der Waals surface area contributed by atoms with Crippen molar-refractivity contribution in [1.29, 1.82) is 0 Å². The van der Waals surface area contributed by atoms with Crippen LogP contribution in [0.25, 0.3) is 0 Å². The fraction of sp³-hybridized carbons (Fsp3) is 0.455. The minimum atomic E-state index is 0.0281. The first-order valence-electron chi connectivity index (χ1n) is 9.74. The number of hydrogen-bond donors (Lipinski definition) is 2. The van der Waals surface area contributed by atoms with E-state index in [9.17, 15) is 5.11 Å². The zero-order valence-electron chi connectivity index (χ0n) is 16.1. The molecular formula is C22H29NO4. The maximum absolute atomic E-state index is 9.62. The molecule has 0 fully saturated rings. The molecule has 0 spiro atoms. The fourth-order valence-corrected chi connectivity index (χ4v) is 3.47. The predicted octanol–water partition coefficient (Wildman–Crippen LogP) is 3.25. The van der Waals surface area contributed by atoms with Gasteiger partial charge in [0.2, 0.25) is 0 Å². The van der Waals surface area contributed by atoms with Gasteiger partial charge in [-0.3, -0.25) is 0 Å². The van der Waals surface area contributed by atoms with Gasteiger partial charge in [-0.25, -0.2) is 0 Å². The molecule has 0 amide bonds. The van der Waals surface area contributed by atoms with Crippen molar-refractivity contribution in [2.45, 2.75) is 39.0 Å². The van der Waals surface area contributed by atoms with Crippen LogP contribution in [0.3, 0.4) is 0 Å². The van der Waals surface area contributed by atoms with Gasteiger partial charge in [-0.2, -0.15) is 0 Å². The molecule has 27 heavy (non-hydrogen) atoms. The van der Waals surface area contributed by atoms with E-state index in [1.54, 1.807) is 0 Å². The second kappa shape index (κ2) is 9.74. The highest BCUT2D eigenvalue weighted by Crippen LogP contribution is 2.38. The highest BCUT2D eigenvalue weighted by molar-refractivity contribution is 5.50. The molecular weight excluding hydrogens is 342 g/mol. The summed E-state index contributed by atoms with van der Waals surface area (Å²) in [5.74, 6) is 1.59. The monoisotopic (exact) mass is 371 g/mol. The van der Waals surface area contributed by atoms with Gasteiger partial charge in [0.15, 0.2) is 11.5 Å². The molecule has 146 valence electrons. The number of nitrogens with one attached hydrogen (secondary N) is 1. The standard InChI is InChI=1S/C20H23NO4.C2H6/c22-11-16-8-15-9-19-20(25-7-6-24-19)10-17(15)18(21-16)13-23-12-14-4-2-1-3-5-14;1-2/h1-5,9-10,16,18,21-22H,6-8,11-13H2;1-2H3/t16-,18-;/m0./s1. The van der Waals surface area contributed by atoms with Crippen molar-refractivity contribution in [1.82, 2.24) is 5.32 Å². The average molecular weight is 371 g/mol. The van der Waals surface area contributed by atoms with E-state index in [4.69, 9.17) is 14.2 Å². The molecule has 2 N–H and O–H groups in total. The van der Waals surface area contributed by atoms with Gasteiger partial charge in [0.25, 0.3) is 0 Å². The van der Waals surface area contributed by atoms with Gasteiger partial charge in [-0.05, 0) is 35.2 Å². The highest BCUT2D eigenvalue weighted by Gasteiger charge is 2.28. The van der Waals surface area contributed by atoms with Crippen molar-refractivity contribution in [3.05, 3.63) is 59.2 Å². The van der Waals surface area contributed by atoms with Gasteiger partial charge >= 0.3 is 0 Å². The van der Waals surface area contributed by atoms with Gasteiger partial charge in [0.1, 0.15) is 13.2 Å². The third-order valence-electron chi connectivity index (χ3n) is 4.70. The third-order valence-corrected chi connectivity index (χ3v) is 4.70. The Bertz CT molecular complexity index is 720. The molecule has 0 bridgehead atoms. The third kappa shape index (κ3) is 4.80. The van der Waals surface area contributed by atoms with Crippen LogP contribution in [0.15, 0.2) is 42.5 Å². The molecule has 0 aliphatic carbocycles. The number of ether oxygens (including phenoxy) is 3. The lowest BCUT2D eigenvalue weighted by Gasteiger charge is -2.33. The molecule has 0 radical (unpaired) electrons. The first-order chi connectivity index (χ1) is 13.3. The zero-order chi connectivity index (χ0) is 19.1. The van der Waals surface area contributed by atoms with Gasteiger partial charge < -0.3 is 24.6 Å². The summed E-state index contributed by atoms with van der Waals surface area (Å²) in [4.78, 5) is 0. The molecule has 2 atom stereocenters. The van der Waals surface area contributed by atoms with Crippen molar-refractivity contribution in [3.8, 4) is 11.5 Å². The predicted molar refractivity (Wildman–Crippen MR) is 105 cm³/mol. The van der Waals surface area contributed by atoms with E-state index in [0.29, 0.717) is 26.4 Å². The van der Waals surface area contributed by atoms with E-state index in [2.05, 4.69) is 29.6 Å². The Labute approximate surface area is 161 Å². The number of aliphatic hydroxyl groups excluding tert-OH is 1. The molecule has 0 saturated carbocycles. The highest BCUT2D eigenvalue weighted by atomic mass is 16.6. The normalized spacial score (nSPS) is 20.3. The van der Waals surface area contributed by atoms with Crippen LogP contribution in [0, 0.1) is 0 Å². The van der Waals surface area contributed by atoms with E-state index in [1.807, 2.05) is 32.0 Å². The Kier molecular flexibility index (Phi) is 7.10. The number of hydrogen-bond acceptors (Lipinski definition) is 5. The maximum atomic E-state index is 9.62. The van der Waals surface area contributed by atoms with Crippen molar-refractivity contribution >= 4 is 0 Å². The van der Waals surface area contributed by atoms with Crippen molar-refractivity contribution in [2.24, 2.45) is 0 Å². The van der Waals surface area contributed by atoms with Crippen LogP contribution in [0.2, 0.25) is 0 Å². The van der Waals surface area contributed by atoms with Gasteiger partial charge in [0, 0.05) is 6.04 Å². The van der Waals surface area contributed by atoms with Crippen LogP contribution in [-0.4, -0.2) is 37.6 Å². The van der Waals surface area contributed by atoms with E-state index < -0.39 is 0 Å². The van der Waals surface area contributed by atoms with E-state index in [-0.39, 0.29) is 18.7 Å². The molecule has 0 unspecified atom stereocenters. The maximum Gasteiger partial charge on any atom is 0.161 e. The Hall–Kier alpha value is -2.08. The lowest BCUT2D eigenvalue weighted by Crippen LogP contribution is -2.43. The van der Waals surface area contributed by atoms with Crippen molar-refractivity contribution < 1.29 is 19.3 Å². The first-order valence-corrected chi connectivity index (χ1v) is 9.74. The zero-order valence-corrected chi connectivity index (χ0v) is 16.1. The summed E-state index contributed by atoms with van der Waals surface area (Å²) >= 11 is 0. The van der Waals surface area contributed by atoms with Crippen LogP contribution >= 0.6 is 0 Å². The van der Waals surface area contributed by atoms with Crippen LogP contribution < -0.4 is 14.8 Å². The number of benzene rings is 2. The second-order valence-corrected chi connectivity index (χ2v) is 6.50. The molecule has 2 aliphatic heterocycles. The van der Waals surface area contributed by atoms with E-state index >= 15 is 0 Å². The molecule has 5 nitrogen and oxygen atoms in total. The Balaban J connectivity index is 0.00000102. The summed E-state index contributed by atoms with van der Waals surface area (Å²) in [7, 11) is 0. The molecule has 2 heterocycles. The van der Waals surface area contributed by atoms with E-state index in [1.165, 1.54) is 11.1 Å². The fourth-order valence-electron chi connectivity index (χ4n) is 3.47. The summed E-state index contributed by atoms with van der Waals surface area (Å²) in [5.41, 5.74) is 3.51. The Morgan fingerprint density at radius 3 is 2.48 bits per heavy atom. The Morgan fingerprint density at radius 2 is 1.78 bits per heavy atom. The molecule has 0 saturated heterocycles. The van der Waals surface area contributed by atoms with Gasteiger partial charge in [-0.1, -0.05) is 44.2 Å². The Morgan fingerprint density at radius 1 is 1.07 bits per heavy atom. The summed E-state index contributed by atoms with van der Waals surface area (Å²) in [6.07, 6.45) is 0.775. The summed E-state index contributed by atoms with van der Waals surface area (Å²) in [5, 5.41) is 13.1. The summed E-state index contributed by atoms with van der Waals surface area (Å²) in [6.45, 7) is 6.37. The van der Waals surface area contributed by atoms with E-state index in [0.717, 1.165) is 23.5 Å². The summed E-state index contributed by atoms with van der Waals surface area (Å²) in [6, 6.07) is 14.3. The van der Waals surface area contributed by atoms with Crippen LogP contribution in [0.1, 0.15) is 36.6 Å². The second-order valence-electron chi connectivity index (χ2n) is 6.50. The van der Waals surface area contributed by atoms with Gasteiger partial charge in [0.05, 0.1) is 25.9 Å². The van der Waals surface area contributed by atoms with Crippen LogP contribution in [0.5, 0.6) is 11.5 Å². The lowest BCUT2D eigenvalue weighted by atomic mass is 9.90. The average Bonchev–Trinajstić information content (AvgIpc) is 2.74. The number of fused-ring (bicyclic) bond motifs is 2. The minimum absolute atomic E-state index is 0.0281. The SMILES string of the molecule is CC.OC[C@@H]1Cc2cc3c(cc2[C@H](COCc2ccccc2)N1)OCCO3. The number of aliphatic hydroxyl groups is 1. The first kappa shape index (κ1) is 19.7. The number of rotatable bonds is 5. The molecule has 4 rings (SSSR count). The summed E-state index contributed by atoms with van der Waals surface area (Å²) < 4.78 is 17.4. The molecule has 2 aromatic carbocycles.